The van der Waals surface area contributed by atoms with Crippen LogP contribution < -0.4 is 10.0 Å². The Hall–Kier alpha value is -1.72. The molecule has 0 saturated carbocycles. The molecule has 6 heteroatoms. The number of halogens is 1. The molecule has 0 atom stereocenters. The van der Waals surface area contributed by atoms with Crippen LogP contribution >= 0.6 is 11.6 Å². The summed E-state index contributed by atoms with van der Waals surface area (Å²) in [5.74, 6) is 0. The minimum absolute atomic E-state index is 0.00294. The SMILES string of the molecule is Cc1cccc(N(C)S(=O)(=O)c2cc(N)ccc2Cl)c1. The quantitative estimate of drug-likeness (QED) is 0.886. The van der Waals surface area contributed by atoms with Gasteiger partial charge in [-0.05, 0) is 42.8 Å². The lowest BCUT2D eigenvalue weighted by Crippen LogP contribution is -2.27. The third-order valence-corrected chi connectivity index (χ3v) is 5.23. The molecular weight excluding hydrogens is 296 g/mol. The second-order valence-electron chi connectivity index (χ2n) is 4.50. The topological polar surface area (TPSA) is 63.4 Å². The van der Waals surface area contributed by atoms with E-state index in [0.29, 0.717) is 11.4 Å². The van der Waals surface area contributed by atoms with Crippen LogP contribution in [0, 0.1) is 6.92 Å². The summed E-state index contributed by atoms with van der Waals surface area (Å²) < 4.78 is 26.4. The van der Waals surface area contributed by atoms with Gasteiger partial charge in [0, 0.05) is 12.7 Å². The summed E-state index contributed by atoms with van der Waals surface area (Å²) in [4.78, 5) is 0.00294. The van der Waals surface area contributed by atoms with Gasteiger partial charge in [-0.1, -0.05) is 23.7 Å². The van der Waals surface area contributed by atoms with Gasteiger partial charge >= 0.3 is 0 Å². The van der Waals surface area contributed by atoms with Crippen LogP contribution in [-0.4, -0.2) is 15.5 Å². The molecule has 0 aromatic heterocycles. The van der Waals surface area contributed by atoms with Crippen LogP contribution in [0.4, 0.5) is 11.4 Å². The van der Waals surface area contributed by atoms with Gasteiger partial charge in [-0.25, -0.2) is 8.42 Å². The minimum Gasteiger partial charge on any atom is -0.399 e. The maximum Gasteiger partial charge on any atom is 0.265 e. The lowest BCUT2D eigenvalue weighted by atomic mass is 10.2. The molecule has 0 spiro atoms. The van der Waals surface area contributed by atoms with Gasteiger partial charge in [-0.3, -0.25) is 4.31 Å². The van der Waals surface area contributed by atoms with Crippen LogP contribution in [0.25, 0.3) is 0 Å². The summed E-state index contributed by atoms with van der Waals surface area (Å²) in [6.45, 7) is 1.90. The highest BCUT2D eigenvalue weighted by molar-refractivity contribution is 7.93. The van der Waals surface area contributed by atoms with E-state index in [1.165, 1.54) is 23.5 Å². The number of hydrogen-bond acceptors (Lipinski definition) is 3. The summed E-state index contributed by atoms with van der Waals surface area (Å²) in [7, 11) is -2.25. The Kier molecular flexibility index (Phi) is 3.92. The summed E-state index contributed by atoms with van der Waals surface area (Å²) in [6, 6.07) is 11.6. The van der Waals surface area contributed by atoms with Crippen molar-refractivity contribution < 1.29 is 8.42 Å². The van der Waals surface area contributed by atoms with Crippen molar-refractivity contribution in [3.05, 3.63) is 53.1 Å². The van der Waals surface area contributed by atoms with Crippen molar-refractivity contribution in [2.75, 3.05) is 17.1 Å². The number of aryl methyl sites for hydroxylation is 1. The van der Waals surface area contributed by atoms with E-state index >= 15 is 0 Å². The molecule has 0 aliphatic heterocycles. The molecule has 0 aliphatic rings. The Morgan fingerprint density at radius 2 is 1.85 bits per heavy atom. The lowest BCUT2D eigenvalue weighted by Gasteiger charge is -2.20. The molecule has 0 aliphatic carbocycles. The molecule has 0 amide bonds. The van der Waals surface area contributed by atoms with Crippen LogP contribution in [0.2, 0.25) is 5.02 Å². The molecule has 2 aromatic rings. The first-order chi connectivity index (χ1) is 9.32. The number of sulfonamides is 1. The van der Waals surface area contributed by atoms with Crippen molar-refractivity contribution in [1.82, 2.24) is 0 Å². The zero-order valence-corrected chi connectivity index (χ0v) is 12.7. The van der Waals surface area contributed by atoms with E-state index in [1.54, 1.807) is 24.3 Å². The van der Waals surface area contributed by atoms with Gasteiger partial charge in [-0.15, -0.1) is 0 Å². The number of benzene rings is 2. The van der Waals surface area contributed by atoms with Crippen LogP contribution in [0.15, 0.2) is 47.4 Å². The van der Waals surface area contributed by atoms with Gasteiger partial charge in [-0.2, -0.15) is 0 Å². The summed E-state index contributed by atoms with van der Waals surface area (Å²) >= 11 is 5.98. The standard InChI is InChI=1S/C14H15ClN2O2S/c1-10-4-3-5-12(8-10)17(2)20(18,19)14-9-11(16)6-7-13(14)15/h3-9H,16H2,1-2H3. The first-order valence-corrected chi connectivity index (χ1v) is 7.75. The molecule has 4 nitrogen and oxygen atoms in total. The van der Waals surface area contributed by atoms with E-state index in [9.17, 15) is 8.42 Å². The van der Waals surface area contributed by atoms with E-state index in [-0.39, 0.29) is 9.92 Å². The van der Waals surface area contributed by atoms with E-state index in [4.69, 9.17) is 17.3 Å². The third-order valence-electron chi connectivity index (χ3n) is 2.96. The lowest BCUT2D eigenvalue weighted by molar-refractivity contribution is 0.594. The zero-order valence-electron chi connectivity index (χ0n) is 11.2. The summed E-state index contributed by atoms with van der Waals surface area (Å²) in [5.41, 5.74) is 7.55. The van der Waals surface area contributed by atoms with Gasteiger partial charge in [0.05, 0.1) is 10.7 Å². The first-order valence-electron chi connectivity index (χ1n) is 5.93. The van der Waals surface area contributed by atoms with Gasteiger partial charge in [0.25, 0.3) is 10.0 Å². The van der Waals surface area contributed by atoms with E-state index in [1.807, 2.05) is 13.0 Å². The monoisotopic (exact) mass is 310 g/mol. The highest BCUT2D eigenvalue weighted by atomic mass is 35.5. The average Bonchev–Trinajstić information content (AvgIpc) is 2.40. The van der Waals surface area contributed by atoms with E-state index < -0.39 is 10.0 Å². The number of hydrogen-bond donors (Lipinski definition) is 1. The molecule has 0 heterocycles. The minimum atomic E-state index is -3.74. The molecule has 0 unspecified atom stereocenters. The third kappa shape index (κ3) is 2.73. The van der Waals surface area contributed by atoms with E-state index in [0.717, 1.165) is 5.56 Å². The van der Waals surface area contributed by atoms with Crippen LogP contribution in [0.3, 0.4) is 0 Å². The van der Waals surface area contributed by atoms with Gasteiger partial charge < -0.3 is 5.73 Å². The Balaban J connectivity index is 2.52. The predicted molar refractivity (Wildman–Crippen MR) is 82.6 cm³/mol. The number of rotatable bonds is 3. The normalized spacial score (nSPS) is 11.3. The number of nitrogen functional groups attached to an aromatic ring is 1. The molecule has 2 rings (SSSR count). The number of anilines is 2. The second-order valence-corrected chi connectivity index (χ2v) is 6.85. The van der Waals surface area contributed by atoms with Gasteiger partial charge in [0.1, 0.15) is 4.90 Å². The molecule has 20 heavy (non-hydrogen) atoms. The molecule has 106 valence electrons. The predicted octanol–water partition coefficient (Wildman–Crippen LogP) is 3.06. The van der Waals surface area contributed by atoms with Crippen molar-refractivity contribution >= 4 is 33.0 Å². The number of nitrogens with zero attached hydrogens (tertiary/aromatic N) is 1. The van der Waals surface area contributed by atoms with Crippen LogP contribution in [0.5, 0.6) is 0 Å². The molecule has 0 saturated heterocycles. The molecule has 2 N–H and O–H groups in total. The summed E-state index contributed by atoms with van der Waals surface area (Å²) in [5, 5.41) is 0.152. The smallest absolute Gasteiger partial charge is 0.265 e. The largest absolute Gasteiger partial charge is 0.399 e. The van der Waals surface area contributed by atoms with Crippen molar-refractivity contribution in [2.45, 2.75) is 11.8 Å². The molecular formula is C14H15ClN2O2S. The molecule has 0 radical (unpaired) electrons. The average molecular weight is 311 g/mol. The zero-order chi connectivity index (χ0) is 14.9. The van der Waals surface area contributed by atoms with Crippen LogP contribution in [-0.2, 0) is 10.0 Å². The van der Waals surface area contributed by atoms with Gasteiger partial charge in [0.2, 0.25) is 0 Å². The molecule has 0 fully saturated rings. The van der Waals surface area contributed by atoms with Gasteiger partial charge in [0.15, 0.2) is 0 Å². The van der Waals surface area contributed by atoms with Crippen molar-refractivity contribution in [2.24, 2.45) is 0 Å². The van der Waals surface area contributed by atoms with Crippen molar-refractivity contribution in [3.63, 3.8) is 0 Å². The fourth-order valence-electron chi connectivity index (χ4n) is 1.83. The van der Waals surface area contributed by atoms with Crippen LogP contribution in [0.1, 0.15) is 5.56 Å². The molecule has 0 bridgehead atoms. The fraction of sp³-hybridized carbons (Fsp3) is 0.143. The Morgan fingerprint density at radius 1 is 1.15 bits per heavy atom. The fourth-order valence-corrected chi connectivity index (χ4v) is 3.52. The molecule has 2 aromatic carbocycles. The number of nitrogens with two attached hydrogens (primary N) is 1. The van der Waals surface area contributed by atoms with E-state index in [2.05, 4.69) is 0 Å². The Morgan fingerprint density at radius 3 is 2.50 bits per heavy atom. The highest BCUT2D eigenvalue weighted by Crippen LogP contribution is 2.29. The highest BCUT2D eigenvalue weighted by Gasteiger charge is 2.24. The van der Waals surface area contributed by atoms with Crippen molar-refractivity contribution in [1.29, 1.82) is 0 Å². The second kappa shape index (κ2) is 5.34. The Bertz CT molecular complexity index is 745. The maximum absolute atomic E-state index is 12.6. The first kappa shape index (κ1) is 14.7. The van der Waals surface area contributed by atoms with Crippen molar-refractivity contribution in [3.8, 4) is 0 Å². The summed E-state index contributed by atoms with van der Waals surface area (Å²) in [6.07, 6.45) is 0. The Labute approximate surface area is 123 Å². The maximum atomic E-state index is 12.6.